The van der Waals surface area contributed by atoms with Crippen molar-refractivity contribution < 1.29 is 14.7 Å². The summed E-state index contributed by atoms with van der Waals surface area (Å²) in [5, 5.41) is 12.2. The van der Waals surface area contributed by atoms with Gasteiger partial charge in [0.1, 0.15) is 0 Å². The van der Waals surface area contributed by atoms with Crippen molar-refractivity contribution in [1.82, 2.24) is 5.32 Å². The number of nitrogens with one attached hydrogen (secondary N) is 1. The summed E-state index contributed by atoms with van der Waals surface area (Å²) >= 11 is 1.81. The molecule has 1 amide bonds. The van der Waals surface area contributed by atoms with Crippen LogP contribution in [0.4, 0.5) is 0 Å². The van der Waals surface area contributed by atoms with Gasteiger partial charge in [-0.2, -0.15) is 0 Å². The van der Waals surface area contributed by atoms with Gasteiger partial charge in [0.25, 0.3) is 0 Å². The van der Waals surface area contributed by atoms with Crippen LogP contribution in [0, 0.1) is 5.92 Å². The van der Waals surface area contributed by atoms with Crippen LogP contribution in [-0.2, 0) is 9.59 Å². The summed E-state index contributed by atoms with van der Waals surface area (Å²) in [6, 6.07) is 8.26. The molecule has 1 aromatic carbocycles. The van der Waals surface area contributed by atoms with Crippen LogP contribution < -0.4 is 5.32 Å². The molecule has 0 saturated heterocycles. The zero-order chi connectivity index (χ0) is 15.5. The number of carboxylic acid groups (broad SMARTS) is 1. The topological polar surface area (TPSA) is 66.4 Å². The maximum absolute atomic E-state index is 12.6. The highest BCUT2D eigenvalue weighted by Crippen LogP contribution is 2.37. The second kappa shape index (κ2) is 6.73. The third kappa shape index (κ3) is 3.29. The quantitative estimate of drug-likeness (QED) is 0.899. The molecule has 118 valence electrons. The molecule has 0 bridgehead atoms. The van der Waals surface area contributed by atoms with Crippen molar-refractivity contribution >= 4 is 23.6 Å². The molecule has 5 heteroatoms. The van der Waals surface area contributed by atoms with Crippen molar-refractivity contribution in [2.45, 2.75) is 49.0 Å². The molecular formula is C17H21NO3S. The standard InChI is InChI=1S/C17H21NO3S/c19-16(18-12-7-5-11(6-8-12)17(20)21)14-9-10-22-15-4-2-1-3-13(14)15/h1-4,11-12,14H,5-10H2,(H,18,19)(H,20,21). The summed E-state index contributed by atoms with van der Waals surface area (Å²) in [7, 11) is 0. The van der Waals surface area contributed by atoms with Crippen LogP contribution in [0.3, 0.4) is 0 Å². The van der Waals surface area contributed by atoms with Gasteiger partial charge in [-0.3, -0.25) is 9.59 Å². The van der Waals surface area contributed by atoms with E-state index in [9.17, 15) is 9.59 Å². The predicted molar refractivity (Wildman–Crippen MR) is 86.0 cm³/mol. The normalized spacial score (nSPS) is 27.7. The number of carbonyl (C=O) groups excluding carboxylic acids is 1. The van der Waals surface area contributed by atoms with E-state index >= 15 is 0 Å². The van der Waals surface area contributed by atoms with E-state index in [1.165, 1.54) is 4.90 Å². The van der Waals surface area contributed by atoms with E-state index in [0.717, 1.165) is 30.6 Å². The molecule has 0 radical (unpaired) electrons. The van der Waals surface area contributed by atoms with Gasteiger partial charge in [-0.1, -0.05) is 18.2 Å². The maximum atomic E-state index is 12.6. The summed E-state index contributed by atoms with van der Waals surface area (Å²) in [5.41, 5.74) is 1.13. The number of hydrogen-bond donors (Lipinski definition) is 2. The largest absolute Gasteiger partial charge is 0.481 e. The van der Waals surface area contributed by atoms with Crippen LogP contribution in [0.15, 0.2) is 29.2 Å². The molecule has 1 aliphatic carbocycles. The van der Waals surface area contributed by atoms with Crippen molar-refractivity contribution in [3.05, 3.63) is 29.8 Å². The van der Waals surface area contributed by atoms with Crippen molar-refractivity contribution in [2.24, 2.45) is 5.92 Å². The van der Waals surface area contributed by atoms with Gasteiger partial charge in [0.05, 0.1) is 11.8 Å². The predicted octanol–water partition coefficient (Wildman–Crippen LogP) is 3.03. The Morgan fingerprint density at radius 1 is 1.09 bits per heavy atom. The lowest BCUT2D eigenvalue weighted by molar-refractivity contribution is -0.142. The first-order chi connectivity index (χ1) is 10.6. The zero-order valence-corrected chi connectivity index (χ0v) is 13.3. The number of carbonyl (C=O) groups is 2. The minimum atomic E-state index is -0.706. The SMILES string of the molecule is O=C(O)C1CCC(NC(=O)C2CCSc3ccccc32)CC1. The van der Waals surface area contributed by atoms with Crippen LogP contribution in [-0.4, -0.2) is 28.8 Å². The Labute approximate surface area is 134 Å². The molecule has 22 heavy (non-hydrogen) atoms. The van der Waals surface area contributed by atoms with E-state index in [-0.39, 0.29) is 23.8 Å². The van der Waals surface area contributed by atoms with Crippen LogP contribution >= 0.6 is 11.8 Å². The van der Waals surface area contributed by atoms with Gasteiger partial charge in [-0.05, 0) is 49.5 Å². The van der Waals surface area contributed by atoms with Crippen LogP contribution in [0.5, 0.6) is 0 Å². The van der Waals surface area contributed by atoms with Crippen molar-refractivity contribution in [1.29, 1.82) is 0 Å². The molecule has 1 aromatic rings. The van der Waals surface area contributed by atoms with Crippen molar-refractivity contribution in [3.63, 3.8) is 0 Å². The van der Waals surface area contributed by atoms with Gasteiger partial charge in [0, 0.05) is 10.9 Å². The van der Waals surface area contributed by atoms with E-state index in [1.54, 1.807) is 0 Å². The molecule has 0 aromatic heterocycles. The maximum Gasteiger partial charge on any atom is 0.306 e. The number of aliphatic carboxylic acids is 1. The Balaban J connectivity index is 1.61. The highest BCUT2D eigenvalue weighted by molar-refractivity contribution is 7.99. The number of rotatable bonds is 3. The summed E-state index contributed by atoms with van der Waals surface area (Å²) in [4.78, 5) is 24.8. The molecule has 0 spiro atoms. The molecule has 1 unspecified atom stereocenters. The van der Waals surface area contributed by atoms with E-state index in [2.05, 4.69) is 11.4 Å². The van der Waals surface area contributed by atoms with E-state index < -0.39 is 5.97 Å². The third-order valence-electron chi connectivity index (χ3n) is 4.70. The molecule has 2 N–H and O–H groups in total. The van der Waals surface area contributed by atoms with Crippen LogP contribution in [0.1, 0.15) is 43.6 Å². The molecule has 1 heterocycles. The molecular weight excluding hydrogens is 298 g/mol. The number of fused-ring (bicyclic) bond motifs is 1. The second-order valence-corrected chi connectivity index (χ2v) is 7.26. The first kappa shape index (κ1) is 15.4. The fourth-order valence-corrected chi connectivity index (χ4v) is 4.53. The Morgan fingerprint density at radius 3 is 2.55 bits per heavy atom. The summed E-state index contributed by atoms with van der Waals surface area (Å²) < 4.78 is 0. The Morgan fingerprint density at radius 2 is 1.82 bits per heavy atom. The zero-order valence-electron chi connectivity index (χ0n) is 12.5. The van der Waals surface area contributed by atoms with E-state index in [0.29, 0.717) is 12.8 Å². The van der Waals surface area contributed by atoms with Crippen molar-refractivity contribution in [2.75, 3.05) is 5.75 Å². The van der Waals surface area contributed by atoms with Gasteiger partial charge in [-0.15, -0.1) is 11.8 Å². The fraction of sp³-hybridized carbons (Fsp3) is 0.529. The number of amides is 1. The van der Waals surface area contributed by atoms with Gasteiger partial charge in [0.2, 0.25) is 5.91 Å². The number of thioether (sulfide) groups is 1. The minimum absolute atomic E-state index is 0.0605. The lowest BCUT2D eigenvalue weighted by atomic mass is 9.85. The molecule has 2 aliphatic rings. The van der Waals surface area contributed by atoms with Gasteiger partial charge >= 0.3 is 5.97 Å². The monoisotopic (exact) mass is 319 g/mol. The third-order valence-corrected chi connectivity index (χ3v) is 5.82. The highest BCUT2D eigenvalue weighted by atomic mass is 32.2. The molecule has 1 aliphatic heterocycles. The van der Waals surface area contributed by atoms with E-state index in [1.807, 2.05) is 30.0 Å². The van der Waals surface area contributed by atoms with Crippen molar-refractivity contribution in [3.8, 4) is 0 Å². The Bertz CT molecular complexity index is 567. The minimum Gasteiger partial charge on any atom is -0.481 e. The first-order valence-electron chi connectivity index (χ1n) is 7.90. The summed E-state index contributed by atoms with van der Waals surface area (Å²) in [6.07, 6.45) is 3.74. The molecule has 1 saturated carbocycles. The molecule has 3 rings (SSSR count). The molecule has 1 atom stereocenters. The van der Waals surface area contributed by atoms with Crippen LogP contribution in [0.25, 0.3) is 0 Å². The molecule has 1 fully saturated rings. The smallest absolute Gasteiger partial charge is 0.306 e. The second-order valence-electron chi connectivity index (χ2n) is 6.12. The average molecular weight is 319 g/mol. The molecule has 4 nitrogen and oxygen atoms in total. The lowest BCUT2D eigenvalue weighted by Gasteiger charge is -2.30. The number of benzene rings is 1. The van der Waals surface area contributed by atoms with E-state index in [4.69, 9.17) is 5.11 Å². The Kier molecular flexibility index (Phi) is 4.71. The average Bonchev–Trinajstić information content (AvgIpc) is 2.54. The van der Waals surface area contributed by atoms with Gasteiger partial charge < -0.3 is 10.4 Å². The van der Waals surface area contributed by atoms with Gasteiger partial charge in [-0.25, -0.2) is 0 Å². The summed E-state index contributed by atoms with van der Waals surface area (Å²) in [5.74, 6) is 0.0741. The fourth-order valence-electron chi connectivity index (χ4n) is 3.40. The van der Waals surface area contributed by atoms with Gasteiger partial charge in [0.15, 0.2) is 0 Å². The lowest BCUT2D eigenvalue weighted by Crippen LogP contribution is -2.41. The highest BCUT2D eigenvalue weighted by Gasteiger charge is 2.31. The van der Waals surface area contributed by atoms with Crippen LogP contribution in [0.2, 0.25) is 0 Å². The number of hydrogen-bond acceptors (Lipinski definition) is 3. The Hall–Kier alpha value is -1.49. The summed E-state index contributed by atoms with van der Waals surface area (Å²) in [6.45, 7) is 0. The first-order valence-corrected chi connectivity index (χ1v) is 8.88. The number of carboxylic acids is 1.